The van der Waals surface area contributed by atoms with E-state index in [1.807, 2.05) is 6.92 Å². The van der Waals surface area contributed by atoms with Crippen molar-refractivity contribution in [1.29, 1.82) is 0 Å². The zero-order valence-corrected chi connectivity index (χ0v) is 26.9. The van der Waals surface area contributed by atoms with Gasteiger partial charge in [0.15, 0.2) is 0 Å². The molecule has 7 nitrogen and oxygen atoms in total. The highest BCUT2D eigenvalue weighted by Crippen LogP contribution is 2.28. The summed E-state index contributed by atoms with van der Waals surface area (Å²) in [5, 5.41) is 41.7. The minimum atomic E-state index is -0.530. The first-order chi connectivity index (χ1) is 20.3. The highest BCUT2D eigenvalue weighted by molar-refractivity contribution is 5.90. The van der Waals surface area contributed by atoms with Crippen molar-refractivity contribution in [3.63, 3.8) is 0 Å². The fourth-order valence-corrected chi connectivity index (χ4v) is 6.42. The molecule has 0 bridgehead atoms. The molecule has 1 unspecified atom stereocenters. The van der Waals surface area contributed by atoms with Gasteiger partial charge in [-0.2, -0.15) is 0 Å². The van der Waals surface area contributed by atoms with Crippen LogP contribution in [0.3, 0.4) is 0 Å². The van der Waals surface area contributed by atoms with Crippen LogP contribution < -0.4 is 0 Å². The van der Waals surface area contributed by atoms with E-state index in [1.165, 1.54) is 57.8 Å². The highest BCUT2D eigenvalue weighted by atomic mass is 16.5. The number of unbranched alkanes of at least 4 members (excludes halogenated alkanes) is 12. The van der Waals surface area contributed by atoms with Crippen LogP contribution in [-0.2, 0) is 14.3 Å². The van der Waals surface area contributed by atoms with Gasteiger partial charge in [0, 0.05) is 12.0 Å². The van der Waals surface area contributed by atoms with Crippen LogP contribution in [-0.4, -0.2) is 69.1 Å². The van der Waals surface area contributed by atoms with Gasteiger partial charge in [-0.3, -0.25) is 0 Å². The minimum Gasteiger partial charge on any atom is -0.455 e. The van der Waals surface area contributed by atoms with E-state index in [0.29, 0.717) is 24.8 Å². The van der Waals surface area contributed by atoms with Crippen LogP contribution in [0, 0.1) is 0 Å². The monoisotopic (exact) mass is 596 g/mol. The van der Waals surface area contributed by atoms with Gasteiger partial charge in [0.2, 0.25) is 0 Å². The maximum atomic E-state index is 11.6. The zero-order valence-electron chi connectivity index (χ0n) is 26.9. The molecule has 2 heterocycles. The Balaban J connectivity index is 1.41. The van der Waals surface area contributed by atoms with E-state index in [2.05, 4.69) is 6.92 Å². The quantitative estimate of drug-likeness (QED) is 0.0624. The van der Waals surface area contributed by atoms with Gasteiger partial charge in [-0.15, -0.1) is 0 Å². The Hall–Kier alpha value is -0.990. The van der Waals surface area contributed by atoms with E-state index in [9.17, 15) is 25.2 Å². The molecular formula is C35H64O7. The SMILES string of the molecule is CCCCCCCCCCCC[C@@H](O)[C@@H]1CC[C@@H]([C@H](O)CCCCC(O)CCCCC[C@@H](O)CC2=C[C@H](C)OC2=O)O1. The molecule has 0 spiro atoms. The Morgan fingerprint density at radius 1 is 0.667 bits per heavy atom. The topological polar surface area (TPSA) is 116 Å². The van der Waals surface area contributed by atoms with Gasteiger partial charge < -0.3 is 29.9 Å². The molecule has 0 amide bonds. The van der Waals surface area contributed by atoms with Gasteiger partial charge in [-0.05, 0) is 57.9 Å². The molecule has 1 fully saturated rings. The highest BCUT2D eigenvalue weighted by Gasteiger charge is 2.34. The third-order valence-corrected chi connectivity index (χ3v) is 9.11. The molecular weight excluding hydrogens is 532 g/mol. The Labute approximate surface area is 256 Å². The lowest BCUT2D eigenvalue weighted by atomic mass is 9.99. The van der Waals surface area contributed by atoms with Gasteiger partial charge in [-0.25, -0.2) is 4.79 Å². The van der Waals surface area contributed by atoms with Crippen molar-refractivity contribution >= 4 is 5.97 Å². The molecule has 2 rings (SSSR count). The van der Waals surface area contributed by atoms with Crippen LogP contribution in [0.2, 0.25) is 0 Å². The van der Waals surface area contributed by atoms with E-state index in [4.69, 9.17) is 9.47 Å². The molecule has 7 heteroatoms. The molecule has 2 aliphatic heterocycles. The molecule has 0 aliphatic carbocycles. The van der Waals surface area contributed by atoms with Crippen molar-refractivity contribution in [3.8, 4) is 0 Å². The zero-order chi connectivity index (χ0) is 30.6. The second-order valence-electron chi connectivity index (χ2n) is 13.1. The van der Waals surface area contributed by atoms with Gasteiger partial charge in [0.25, 0.3) is 0 Å². The second-order valence-corrected chi connectivity index (χ2v) is 13.1. The molecule has 0 aromatic heterocycles. The third kappa shape index (κ3) is 16.2. The lowest BCUT2D eigenvalue weighted by molar-refractivity contribution is -0.139. The predicted molar refractivity (Wildman–Crippen MR) is 168 cm³/mol. The van der Waals surface area contributed by atoms with Gasteiger partial charge in [-0.1, -0.05) is 103 Å². The minimum absolute atomic E-state index is 0.147. The molecule has 4 N–H and O–H groups in total. The third-order valence-electron chi connectivity index (χ3n) is 9.11. The van der Waals surface area contributed by atoms with E-state index in [-0.39, 0.29) is 30.4 Å². The Kier molecular flexibility index (Phi) is 19.9. The van der Waals surface area contributed by atoms with Gasteiger partial charge in [0.05, 0.1) is 36.6 Å². The summed E-state index contributed by atoms with van der Waals surface area (Å²) in [4.78, 5) is 11.6. The van der Waals surface area contributed by atoms with Crippen LogP contribution >= 0.6 is 0 Å². The molecule has 2 aliphatic rings. The number of hydrogen-bond acceptors (Lipinski definition) is 7. The number of hydrogen-bond donors (Lipinski definition) is 4. The van der Waals surface area contributed by atoms with Gasteiger partial charge >= 0.3 is 5.97 Å². The summed E-state index contributed by atoms with van der Waals surface area (Å²) in [5.41, 5.74) is 0.576. The summed E-state index contributed by atoms with van der Waals surface area (Å²) < 4.78 is 11.1. The fourth-order valence-electron chi connectivity index (χ4n) is 6.42. The average Bonchev–Trinajstić information content (AvgIpc) is 3.58. The summed E-state index contributed by atoms with van der Waals surface area (Å²) in [6, 6.07) is 0. The summed E-state index contributed by atoms with van der Waals surface area (Å²) >= 11 is 0. The molecule has 42 heavy (non-hydrogen) atoms. The summed E-state index contributed by atoms with van der Waals surface area (Å²) in [5.74, 6) is -0.314. The molecule has 0 aromatic carbocycles. The van der Waals surface area contributed by atoms with E-state index in [1.54, 1.807) is 6.08 Å². The van der Waals surface area contributed by atoms with Crippen molar-refractivity contribution in [2.45, 2.75) is 204 Å². The average molecular weight is 597 g/mol. The first-order valence-corrected chi connectivity index (χ1v) is 17.6. The smallest absolute Gasteiger partial charge is 0.334 e. The summed E-state index contributed by atoms with van der Waals surface area (Å²) in [7, 11) is 0. The van der Waals surface area contributed by atoms with Crippen molar-refractivity contribution < 1.29 is 34.7 Å². The number of aliphatic hydroxyl groups excluding tert-OH is 4. The second kappa shape index (κ2) is 22.5. The number of esters is 1. The van der Waals surface area contributed by atoms with E-state index < -0.39 is 18.3 Å². The fraction of sp³-hybridized carbons (Fsp3) is 0.914. The molecule has 0 aromatic rings. The largest absolute Gasteiger partial charge is 0.455 e. The van der Waals surface area contributed by atoms with E-state index >= 15 is 0 Å². The Morgan fingerprint density at radius 3 is 1.62 bits per heavy atom. The van der Waals surface area contributed by atoms with Crippen molar-refractivity contribution in [2.24, 2.45) is 0 Å². The lowest BCUT2D eigenvalue weighted by Gasteiger charge is -2.22. The standard InChI is InChI=1S/C35H64O7/c1-3-4-5-6-7-8-9-10-11-15-21-31(38)33-23-24-34(42-33)32(39)22-17-16-19-29(36)18-13-12-14-20-30(37)26-28-25-27(2)41-35(28)40/h25,27,29-34,36-39H,3-24,26H2,1-2H3/t27-,29?,30+,31+,32+,33-,34-/m0/s1. The van der Waals surface area contributed by atoms with Crippen molar-refractivity contribution in [3.05, 3.63) is 11.6 Å². The van der Waals surface area contributed by atoms with Crippen molar-refractivity contribution in [2.75, 3.05) is 0 Å². The summed E-state index contributed by atoms with van der Waals surface area (Å²) in [6.45, 7) is 4.07. The Bertz CT molecular complexity index is 726. The number of rotatable bonds is 26. The van der Waals surface area contributed by atoms with E-state index in [0.717, 1.165) is 70.6 Å². The molecule has 0 saturated carbocycles. The van der Waals surface area contributed by atoms with Crippen LogP contribution in [0.1, 0.15) is 162 Å². The van der Waals surface area contributed by atoms with Crippen molar-refractivity contribution in [1.82, 2.24) is 0 Å². The maximum absolute atomic E-state index is 11.6. The molecule has 1 saturated heterocycles. The summed E-state index contributed by atoms with van der Waals surface area (Å²) in [6.07, 6.45) is 22.4. The van der Waals surface area contributed by atoms with Gasteiger partial charge in [0.1, 0.15) is 6.10 Å². The van der Waals surface area contributed by atoms with Crippen LogP contribution in [0.15, 0.2) is 11.6 Å². The number of carbonyl (C=O) groups is 1. The number of carbonyl (C=O) groups excluding carboxylic acids is 1. The number of ether oxygens (including phenoxy) is 2. The number of aliphatic hydroxyl groups is 4. The van der Waals surface area contributed by atoms with Crippen LogP contribution in [0.5, 0.6) is 0 Å². The maximum Gasteiger partial charge on any atom is 0.334 e. The first-order valence-electron chi connectivity index (χ1n) is 17.6. The van der Waals surface area contributed by atoms with Crippen LogP contribution in [0.25, 0.3) is 0 Å². The van der Waals surface area contributed by atoms with Crippen LogP contribution in [0.4, 0.5) is 0 Å². The predicted octanol–water partition coefficient (Wildman–Crippen LogP) is 7.06. The Morgan fingerprint density at radius 2 is 1.10 bits per heavy atom. The molecule has 7 atom stereocenters. The normalized spacial score (nSPS) is 23.5. The lowest BCUT2D eigenvalue weighted by Crippen LogP contribution is -2.31. The first kappa shape index (κ1) is 37.2. The number of cyclic esters (lactones) is 1. The molecule has 246 valence electrons. The molecule has 0 radical (unpaired) electrons.